The van der Waals surface area contributed by atoms with Gasteiger partial charge in [-0.05, 0) is 58.7 Å². The fraction of sp³-hybridized carbons (Fsp3) is 0.0769. The van der Waals surface area contributed by atoms with Crippen molar-refractivity contribution in [3.8, 4) is 0 Å². The molecule has 0 aromatic heterocycles. The quantitative estimate of drug-likeness (QED) is 0.307. The number of halogens is 4. The molecule has 174 valence electrons. The molecule has 0 saturated carbocycles. The molecule has 0 radical (unpaired) electrons. The van der Waals surface area contributed by atoms with E-state index in [1.165, 1.54) is 12.2 Å². The van der Waals surface area contributed by atoms with Gasteiger partial charge in [0.1, 0.15) is 0 Å². The van der Waals surface area contributed by atoms with Crippen LogP contribution < -0.4 is 10.6 Å². The van der Waals surface area contributed by atoms with Crippen LogP contribution >= 0.6 is 46.4 Å². The predicted molar refractivity (Wildman–Crippen MR) is 141 cm³/mol. The highest BCUT2D eigenvalue weighted by Crippen LogP contribution is 2.24. The third kappa shape index (κ3) is 8.23. The number of benzene rings is 3. The summed E-state index contributed by atoms with van der Waals surface area (Å²) in [6.07, 6.45) is 6.21. The summed E-state index contributed by atoms with van der Waals surface area (Å²) in [5.74, 6) is -0.452. The number of carbonyl (C=O) groups excluding carboxylic acids is 2. The van der Waals surface area contributed by atoms with Crippen LogP contribution in [0.5, 0.6) is 0 Å². The zero-order valence-electron chi connectivity index (χ0n) is 17.8. The van der Waals surface area contributed by atoms with E-state index in [4.69, 9.17) is 46.4 Å². The molecule has 3 rings (SSSR count). The predicted octanol–water partition coefficient (Wildman–Crippen LogP) is 6.96. The fourth-order valence-electron chi connectivity index (χ4n) is 2.85. The molecule has 4 nitrogen and oxygen atoms in total. The third-order valence-electron chi connectivity index (χ3n) is 4.70. The van der Waals surface area contributed by atoms with Gasteiger partial charge in [0, 0.05) is 25.2 Å². The van der Waals surface area contributed by atoms with Crippen molar-refractivity contribution in [2.75, 3.05) is 0 Å². The lowest BCUT2D eigenvalue weighted by molar-refractivity contribution is -0.117. The molecule has 2 N–H and O–H groups in total. The Kier molecular flexibility index (Phi) is 9.61. The van der Waals surface area contributed by atoms with Crippen LogP contribution in [0.3, 0.4) is 0 Å². The second-order valence-electron chi connectivity index (χ2n) is 7.27. The van der Waals surface area contributed by atoms with Gasteiger partial charge in [-0.2, -0.15) is 0 Å². The number of carbonyl (C=O) groups is 2. The van der Waals surface area contributed by atoms with E-state index in [0.29, 0.717) is 33.2 Å². The van der Waals surface area contributed by atoms with Gasteiger partial charge in [-0.15, -0.1) is 0 Å². The Morgan fingerprint density at radius 2 is 0.971 bits per heavy atom. The first-order valence-corrected chi connectivity index (χ1v) is 11.7. The van der Waals surface area contributed by atoms with E-state index in [2.05, 4.69) is 10.6 Å². The lowest BCUT2D eigenvalue weighted by Crippen LogP contribution is -2.21. The maximum absolute atomic E-state index is 12.1. The zero-order chi connectivity index (χ0) is 24.5. The van der Waals surface area contributed by atoms with Crippen molar-refractivity contribution in [3.05, 3.63) is 115 Å². The van der Waals surface area contributed by atoms with Gasteiger partial charge < -0.3 is 10.6 Å². The molecule has 0 spiro atoms. The van der Waals surface area contributed by atoms with E-state index in [0.717, 1.165) is 22.3 Å². The highest BCUT2D eigenvalue weighted by Gasteiger charge is 2.02. The summed E-state index contributed by atoms with van der Waals surface area (Å²) in [7, 11) is 0. The van der Waals surface area contributed by atoms with Crippen LogP contribution in [0.2, 0.25) is 20.1 Å². The van der Waals surface area contributed by atoms with Crippen molar-refractivity contribution < 1.29 is 9.59 Å². The highest BCUT2D eigenvalue weighted by atomic mass is 35.5. The SMILES string of the molecule is O=C(C=Cc1ccc(Cl)c(Cl)c1)NCc1ccc(CNC(=O)C=Cc2ccc(Cl)c(Cl)c2)cc1. The molecule has 34 heavy (non-hydrogen) atoms. The monoisotopic (exact) mass is 532 g/mol. The third-order valence-corrected chi connectivity index (χ3v) is 6.18. The highest BCUT2D eigenvalue weighted by molar-refractivity contribution is 6.42. The minimum Gasteiger partial charge on any atom is -0.348 e. The van der Waals surface area contributed by atoms with Crippen molar-refractivity contribution in [2.24, 2.45) is 0 Å². The summed E-state index contributed by atoms with van der Waals surface area (Å²) < 4.78 is 0. The Morgan fingerprint density at radius 3 is 1.32 bits per heavy atom. The molecule has 3 aromatic carbocycles. The van der Waals surface area contributed by atoms with Crippen LogP contribution in [-0.2, 0) is 22.7 Å². The van der Waals surface area contributed by atoms with Crippen molar-refractivity contribution in [1.82, 2.24) is 10.6 Å². The molecule has 0 aliphatic carbocycles. The molecular weight excluding hydrogens is 514 g/mol. The van der Waals surface area contributed by atoms with Crippen LogP contribution in [0.4, 0.5) is 0 Å². The summed E-state index contributed by atoms with van der Waals surface area (Å²) in [6.45, 7) is 0.757. The van der Waals surface area contributed by atoms with Crippen molar-refractivity contribution in [1.29, 1.82) is 0 Å². The van der Waals surface area contributed by atoms with Gasteiger partial charge in [0.15, 0.2) is 0 Å². The first-order chi connectivity index (χ1) is 16.3. The van der Waals surface area contributed by atoms with E-state index in [1.54, 1.807) is 48.6 Å². The topological polar surface area (TPSA) is 58.2 Å². The molecular formula is C26H20Cl4N2O2. The first-order valence-electron chi connectivity index (χ1n) is 10.2. The molecule has 0 aliphatic rings. The number of rotatable bonds is 8. The normalized spacial score (nSPS) is 11.2. The molecule has 0 heterocycles. The standard InChI is InChI=1S/C26H20Cl4N2O2/c27-21-9-5-17(13-23(21)29)7-11-25(33)31-15-19-1-2-20(4-3-19)16-32-26(34)12-8-18-6-10-22(28)24(30)14-18/h1-14H,15-16H2,(H,31,33)(H,32,34). The lowest BCUT2D eigenvalue weighted by Gasteiger charge is -2.06. The number of nitrogens with one attached hydrogen (secondary N) is 2. The van der Waals surface area contributed by atoms with E-state index in [-0.39, 0.29) is 11.8 Å². The van der Waals surface area contributed by atoms with E-state index in [9.17, 15) is 9.59 Å². The summed E-state index contributed by atoms with van der Waals surface area (Å²) in [5, 5.41) is 7.44. The van der Waals surface area contributed by atoms with Crippen LogP contribution in [0.25, 0.3) is 12.2 Å². The average molecular weight is 534 g/mol. The minimum atomic E-state index is -0.226. The molecule has 0 saturated heterocycles. The van der Waals surface area contributed by atoms with Gasteiger partial charge in [0.05, 0.1) is 20.1 Å². The molecule has 0 fully saturated rings. The maximum atomic E-state index is 12.1. The van der Waals surface area contributed by atoms with E-state index < -0.39 is 0 Å². The number of hydrogen-bond donors (Lipinski definition) is 2. The van der Waals surface area contributed by atoms with Gasteiger partial charge in [-0.3, -0.25) is 9.59 Å². The summed E-state index contributed by atoms with van der Waals surface area (Å²) >= 11 is 23.7. The smallest absolute Gasteiger partial charge is 0.244 e. The van der Waals surface area contributed by atoms with Gasteiger partial charge in [0.25, 0.3) is 0 Å². The number of amides is 2. The molecule has 0 aliphatic heterocycles. The van der Waals surface area contributed by atoms with Gasteiger partial charge in [0.2, 0.25) is 11.8 Å². The van der Waals surface area contributed by atoms with Crippen LogP contribution in [-0.4, -0.2) is 11.8 Å². The molecule has 2 amide bonds. The van der Waals surface area contributed by atoms with E-state index in [1.807, 2.05) is 24.3 Å². The number of hydrogen-bond acceptors (Lipinski definition) is 2. The molecule has 0 atom stereocenters. The molecule has 8 heteroatoms. The maximum Gasteiger partial charge on any atom is 0.244 e. The van der Waals surface area contributed by atoms with Crippen LogP contribution in [0.1, 0.15) is 22.3 Å². The Balaban J connectivity index is 1.43. The second-order valence-corrected chi connectivity index (χ2v) is 8.89. The Morgan fingerprint density at radius 1 is 0.588 bits per heavy atom. The summed E-state index contributed by atoms with van der Waals surface area (Å²) in [5.41, 5.74) is 3.43. The Labute approximate surface area is 218 Å². The fourth-order valence-corrected chi connectivity index (χ4v) is 3.46. The van der Waals surface area contributed by atoms with Crippen molar-refractivity contribution in [3.63, 3.8) is 0 Å². The first kappa shape index (κ1) is 25.9. The average Bonchev–Trinajstić information content (AvgIpc) is 2.83. The molecule has 0 bridgehead atoms. The van der Waals surface area contributed by atoms with Crippen LogP contribution in [0.15, 0.2) is 72.8 Å². The van der Waals surface area contributed by atoms with Crippen molar-refractivity contribution >= 4 is 70.4 Å². The Bertz CT molecular complexity index is 1140. The van der Waals surface area contributed by atoms with E-state index >= 15 is 0 Å². The van der Waals surface area contributed by atoms with Gasteiger partial charge in [-0.25, -0.2) is 0 Å². The van der Waals surface area contributed by atoms with Crippen molar-refractivity contribution in [2.45, 2.75) is 13.1 Å². The summed E-state index contributed by atoms with van der Waals surface area (Å²) in [6, 6.07) is 17.9. The lowest BCUT2D eigenvalue weighted by atomic mass is 10.1. The van der Waals surface area contributed by atoms with Gasteiger partial charge >= 0.3 is 0 Å². The molecule has 0 unspecified atom stereocenters. The summed E-state index contributed by atoms with van der Waals surface area (Å²) in [4.78, 5) is 24.1. The largest absolute Gasteiger partial charge is 0.348 e. The zero-order valence-corrected chi connectivity index (χ0v) is 20.8. The van der Waals surface area contributed by atoms with Crippen LogP contribution in [0, 0.1) is 0 Å². The minimum absolute atomic E-state index is 0.226. The Hall–Kier alpha value is -2.76. The second kappa shape index (κ2) is 12.6. The molecule has 3 aromatic rings. The van der Waals surface area contributed by atoms with Gasteiger partial charge in [-0.1, -0.05) is 82.8 Å².